The van der Waals surface area contributed by atoms with Crippen molar-refractivity contribution in [2.75, 3.05) is 5.32 Å². The molecular formula is C22H23N3O. The van der Waals surface area contributed by atoms with Crippen molar-refractivity contribution in [2.45, 2.75) is 33.4 Å². The van der Waals surface area contributed by atoms with Gasteiger partial charge >= 0.3 is 6.03 Å². The number of carbonyl (C=O) groups is 1. The van der Waals surface area contributed by atoms with Gasteiger partial charge in [0.1, 0.15) is 0 Å². The monoisotopic (exact) mass is 345 g/mol. The van der Waals surface area contributed by atoms with E-state index >= 15 is 0 Å². The molecule has 1 N–H and O–H groups in total. The fraction of sp³-hybridized carbons (Fsp3) is 0.227. The van der Waals surface area contributed by atoms with E-state index in [1.165, 1.54) is 11.1 Å². The second-order valence-electron chi connectivity index (χ2n) is 6.96. The second-order valence-corrected chi connectivity index (χ2v) is 6.96. The minimum atomic E-state index is -0.0785. The number of anilines is 1. The molecule has 4 rings (SSSR count). The Balaban J connectivity index is 1.68. The minimum absolute atomic E-state index is 0.0241. The summed E-state index contributed by atoms with van der Waals surface area (Å²) in [7, 11) is 0. The molecule has 4 nitrogen and oxygen atoms in total. The number of para-hydroxylation sites is 1. The first-order valence-electron chi connectivity index (χ1n) is 8.95. The number of nitrogens with zero attached hydrogens (tertiary/aromatic N) is 2. The molecule has 4 heteroatoms. The maximum atomic E-state index is 13.1. The molecule has 132 valence electrons. The van der Waals surface area contributed by atoms with Crippen molar-refractivity contribution in [3.8, 4) is 5.69 Å². The fourth-order valence-electron chi connectivity index (χ4n) is 3.58. The van der Waals surface area contributed by atoms with Crippen molar-refractivity contribution in [1.82, 2.24) is 9.47 Å². The van der Waals surface area contributed by atoms with Gasteiger partial charge in [-0.05, 0) is 67.8 Å². The number of hydrogen-bond donors (Lipinski definition) is 1. The Morgan fingerprint density at radius 3 is 2.65 bits per heavy atom. The van der Waals surface area contributed by atoms with E-state index in [9.17, 15) is 4.79 Å². The number of hydrogen-bond acceptors (Lipinski definition) is 1. The van der Waals surface area contributed by atoms with E-state index in [-0.39, 0.29) is 12.1 Å². The molecule has 26 heavy (non-hydrogen) atoms. The maximum absolute atomic E-state index is 13.1. The Morgan fingerprint density at radius 1 is 1.04 bits per heavy atom. The van der Waals surface area contributed by atoms with Gasteiger partial charge in [0.25, 0.3) is 0 Å². The van der Waals surface area contributed by atoms with Gasteiger partial charge in [0.15, 0.2) is 0 Å². The Hall–Kier alpha value is -3.01. The van der Waals surface area contributed by atoms with E-state index in [1.54, 1.807) is 0 Å². The van der Waals surface area contributed by atoms with Gasteiger partial charge in [0.2, 0.25) is 0 Å². The quantitative estimate of drug-likeness (QED) is 0.646. The topological polar surface area (TPSA) is 37.3 Å². The van der Waals surface area contributed by atoms with Crippen LogP contribution in [-0.2, 0) is 6.54 Å². The molecule has 0 aliphatic carbocycles. The van der Waals surface area contributed by atoms with Crippen LogP contribution < -0.4 is 5.32 Å². The highest BCUT2D eigenvalue weighted by molar-refractivity contribution is 5.90. The van der Waals surface area contributed by atoms with Crippen molar-refractivity contribution < 1.29 is 4.79 Å². The third-order valence-electron chi connectivity index (χ3n) is 5.29. The predicted molar refractivity (Wildman–Crippen MR) is 105 cm³/mol. The first kappa shape index (κ1) is 16.5. The highest BCUT2D eigenvalue weighted by Crippen LogP contribution is 2.32. The Morgan fingerprint density at radius 2 is 1.85 bits per heavy atom. The van der Waals surface area contributed by atoms with Crippen LogP contribution in [-0.4, -0.2) is 15.5 Å². The van der Waals surface area contributed by atoms with Crippen molar-refractivity contribution in [2.24, 2.45) is 0 Å². The molecular weight excluding hydrogens is 322 g/mol. The van der Waals surface area contributed by atoms with E-state index < -0.39 is 0 Å². The molecule has 2 aromatic carbocycles. The largest absolute Gasteiger partial charge is 0.322 e. The van der Waals surface area contributed by atoms with Crippen molar-refractivity contribution in [3.05, 3.63) is 83.2 Å². The van der Waals surface area contributed by atoms with Crippen molar-refractivity contribution >= 4 is 11.7 Å². The van der Waals surface area contributed by atoms with Crippen LogP contribution in [0.3, 0.4) is 0 Å². The smallest absolute Gasteiger partial charge is 0.318 e. The summed E-state index contributed by atoms with van der Waals surface area (Å²) in [6.45, 7) is 6.79. The lowest BCUT2D eigenvalue weighted by molar-refractivity contribution is 0.189. The van der Waals surface area contributed by atoms with Crippen LogP contribution >= 0.6 is 0 Å². The predicted octanol–water partition coefficient (Wildman–Crippen LogP) is 5.20. The Labute approximate surface area is 154 Å². The number of urea groups is 1. The molecule has 0 fully saturated rings. The summed E-state index contributed by atoms with van der Waals surface area (Å²) in [6, 6.07) is 18.3. The summed E-state index contributed by atoms with van der Waals surface area (Å²) in [5.41, 5.74) is 6.62. The van der Waals surface area contributed by atoms with Crippen LogP contribution in [0.15, 0.2) is 60.8 Å². The van der Waals surface area contributed by atoms with Gasteiger partial charge in [-0.3, -0.25) is 0 Å². The van der Waals surface area contributed by atoms with Crippen LogP contribution in [0.4, 0.5) is 10.5 Å². The molecule has 1 aliphatic rings. The average Bonchev–Trinajstić information content (AvgIpc) is 3.08. The number of fused-ring (bicyclic) bond motifs is 3. The molecule has 2 heterocycles. The summed E-state index contributed by atoms with van der Waals surface area (Å²) in [6.07, 6.45) is 2.06. The second kappa shape index (κ2) is 6.37. The number of rotatable bonds is 1. The summed E-state index contributed by atoms with van der Waals surface area (Å²) >= 11 is 0. The van der Waals surface area contributed by atoms with Gasteiger partial charge in [-0.15, -0.1) is 0 Å². The number of aryl methyl sites for hydroxylation is 2. The molecule has 0 radical (unpaired) electrons. The lowest BCUT2D eigenvalue weighted by Crippen LogP contribution is -2.36. The Kier molecular flexibility index (Phi) is 4.03. The molecule has 3 aromatic rings. The first-order valence-corrected chi connectivity index (χ1v) is 8.95. The zero-order chi connectivity index (χ0) is 18.3. The van der Waals surface area contributed by atoms with Crippen molar-refractivity contribution in [1.29, 1.82) is 0 Å². The van der Waals surface area contributed by atoms with Crippen LogP contribution in [0.2, 0.25) is 0 Å². The third kappa shape index (κ3) is 2.77. The first-order chi connectivity index (χ1) is 12.5. The lowest BCUT2D eigenvalue weighted by Gasteiger charge is -2.27. The van der Waals surface area contributed by atoms with Gasteiger partial charge in [-0.2, -0.15) is 0 Å². The van der Waals surface area contributed by atoms with E-state index in [1.807, 2.05) is 41.3 Å². The molecule has 0 saturated heterocycles. The van der Waals surface area contributed by atoms with Gasteiger partial charge < -0.3 is 14.8 Å². The molecule has 0 unspecified atom stereocenters. The molecule has 0 saturated carbocycles. The number of nitrogens with one attached hydrogen (secondary N) is 1. The van der Waals surface area contributed by atoms with E-state index in [0.717, 1.165) is 22.6 Å². The van der Waals surface area contributed by atoms with Gasteiger partial charge in [0.05, 0.1) is 18.3 Å². The molecule has 1 aliphatic heterocycles. The standard InChI is InChI=1S/C22H23N3O/c1-15-10-11-19(13-16(15)2)23-22(26)25-14-18-7-4-5-8-21(18)24-12-6-9-20(24)17(25)3/h4-13,17H,14H2,1-3H3,(H,23,26)/t17-/m1/s1. The highest BCUT2D eigenvalue weighted by Gasteiger charge is 2.28. The average molecular weight is 345 g/mol. The zero-order valence-electron chi connectivity index (χ0n) is 15.4. The normalized spacial score (nSPS) is 15.8. The van der Waals surface area contributed by atoms with E-state index in [4.69, 9.17) is 0 Å². The van der Waals surface area contributed by atoms with Crippen molar-refractivity contribution in [3.63, 3.8) is 0 Å². The van der Waals surface area contributed by atoms with Crippen LogP contribution in [0.5, 0.6) is 0 Å². The number of aromatic nitrogens is 1. The summed E-state index contributed by atoms with van der Waals surface area (Å²) < 4.78 is 2.18. The summed E-state index contributed by atoms with van der Waals surface area (Å²) in [5.74, 6) is 0. The summed E-state index contributed by atoms with van der Waals surface area (Å²) in [5, 5.41) is 3.07. The summed E-state index contributed by atoms with van der Waals surface area (Å²) in [4.78, 5) is 15.0. The number of carbonyl (C=O) groups excluding carboxylic acids is 1. The fourth-order valence-corrected chi connectivity index (χ4v) is 3.58. The van der Waals surface area contributed by atoms with Crippen LogP contribution in [0, 0.1) is 13.8 Å². The van der Waals surface area contributed by atoms with Crippen LogP contribution in [0.25, 0.3) is 5.69 Å². The van der Waals surface area contributed by atoms with Gasteiger partial charge in [-0.1, -0.05) is 24.3 Å². The minimum Gasteiger partial charge on any atom is -0.318 e. The molecule has 0 bridgehead atoms. The third-order valence-corrected chi connectivity index (χ3v) is 5.29. The molecule has 0 spiro atoms. The molecule has 2 amide bonds. The molecule has 1 atom stereocenters. The van der Waals surface area contributed by atoms with E-state index in [2.05, 4.69) is 55.1 Å². The number of benzene rings is 2. The lowest BCUT2D eigenvalue weighted by atomic mass is 10.1. The zero-order valence-corrected chi connectivity index (χ0v) is 15.4. The van der Waals surface area contributed by atoms with E-state index in [0.29, 0.717) is 6.54 Å². The molecule has 1 aromatic heterocycles. The maximum Gasteiger partial charge on any atom is 0.322 e. The SMILES string of the molecule is Cc1ccc(NC(=O)N2Cc3ccccc3-n3cccc3[C@H]2C)cc1C. The Bertz CT molecular complexity index is 973. The number of amides is 2. The highest BCUT2D eigenvalue weighted by atomic mass is 16.2. The van der Waals surface area contributed by atoms with Gasteiger partial charge in [-0.25, -0.2) is 4.79 Å². The van der Waals surface area contributed by atoms with Crippen LogP contribution in [0.1, 0.15) is 35.3 Å². The van der Waals surface area contributed by atoms with Gasteiger partial charge in [0, 0.05) is 17.6 Å².